The van der Waals surface area contributed by atoms with Gasteiger partial charge in [0.05, 0.1) is 11.9 Å². The van der Waals surface area contributed by atoms with Crippen molar-refractivity contribution < 1.29 is 23.5 Å². The summed E-state index contributed by atoms with van der Waals surface area (Å²) in [7, 11) is 0. The third-order valence-corrected chi connectivity index (χ3v) is 4.07. The molecule has 3 rings (SSSR count). The molecule has 3 aromatic rings. The van der Waals surface area contributed by atoms with Crippen molar-refractivity contribution >= 4 is 34.4 Å². The summed E-state index contributed by atoms with van der Waals surface area (Å²) in [5.41, 5.74) is 1.23. The lowest BCUT2D eigenvalue weighted by Crippen LogP contribution is -2.32. The number of nitrogens with one attached hydrogen (secondary N) is 3. The van der Waals surface area contributed by atoms with Gasteiger partial charge in [-0.25, -0.2) is 4.39 Å². The van der Waals surface area contributed by atoms with Crippen LogP contribution < -0.4 is 10.6 Å². The average molecular weight is 398 g/mol. The molecule has 0 aliphatic carbocycles. The maximum atomic E-state index is 13.1. The molecule has 0 bridgehead atoms. The summed E-state index contributed by atoms with van der Waals surface area (Å²) >= 11 is 0. The quantitative estimate of drug-likeness (QED) is 0.529. The Kier molecular flexibility index (Phi) is 6.18. The fourth-order valence-corrected chi connectivity index (χ4v) is 2.62. The van der Waals surface area contributed by atoms with Crippen molar-refractivity contribution in [3.63, 3.8) is 0 Å². The van der Waals surface area contributed by atoms with E-state index in [0.29, 0.717) is 5.39 Å². The highest BCUT2D eigenvalue weighted by atomic mass is 19.1. The van der Waals surface area contributed by atoms with E-state index < -0.39 is 29.7 Å². The number of carbonyl (C=O) groups is 3. The molecule has 0 radical (unpaired) electrons. The molecular weight excluding hydrogens is 379 g/mol. The minimum absolute atomic E-state index is 0.0249. The molecule has 0 spiro atoms. The van der Waals surface area contributed by atoms with Crippen LogP contribution in [0.2, 0.25) is 0 Å². The highest BCUT2D eigenvalue weighted by Gasteiger charge is 2.19. The number of ether oxygens (including phenoxy) is 1. The summed E-state index contributed by atoms with van der Waals surface area (Å²) < 4.78 is 18.2. The van der Waals surface area contributed by atoms with E-state index in [2.05, 4.69) is 20.8 Å². The molecule has 1 atom stereocenters. The zero-order valence-corrected chi connectivity index (χ0v) is 15.6. The van der Waals surface area contributed by atoms with E-state index >= 15 is 0 Å². The third kappa shape index (κ3) is 5.16. The molecule has 0 saturated heterocycles. The first-order chi connectivity index (χ1) is 13.9. The smallest absolute Gasteiger partial charge is 0.308 e. The number of para-hydroxylation sites is 1. The second-order valence-corrected chi connectivity index (χ2v) is 6.26. The first-order valence-electron chi connectivity index (χ1n) is 8.91. The van der Waals surface area contributed by atoms with E-state index in [1.165, 1.54) is 25.1 Å². The Morgan fingerprint density at radius 2 is 1.97 bits per heavy atom. The summed E-state index contributed by atoms with van der Waals surface area (Å²) in [6, 6.07) is 12.6. The van der Waals surface area contributed by atoms with Gasteiger partial charge in [-0.3, -0.25) is 19.5 Å². The SMILES string of the molecule is CC(OC(=O)CCNC(=O)c1n[nH]c2ccccc12)C(=O)Nc1cccc(F)c1. The van der Waals surface area contributed by atoms with Gasteiger partial charge in [-0.1, -0.05) is 24.3 Å². The number of carbonyl (C=O) groups excluding carboxylic acids is 3. The zero-order chi connectivity index (χ0) is 20.8. The molecule has 2 amide bonds. The Bertz CT molecular complexity index is 1050. The van der Waals surface area contributed by atoms with Crippen LogP contribution in [0.4, 0.5) is 10.1 Å². The Morgan fingerprint density at radius 1 is 1.17 bits per heavy atom. The number of fused-ring (bicyclic) bond motifs is 1. The topological polar surface area (TPSA) is 113 Å². The van der Waals surface area contributed by atoms with Crippen LogP contribution in [0.15, 0.2) is 48.5 Å². The number of aromatic amines is 1. The van der Waals surface area contributed by atoms with E-state index in [1.807, 2.05) is 6.07 Å². The number of halogens is 1. The molecule has 3 N–H and O–H groups in total. The van der Waals surface area contributed by atoms with Gasteiger partial charge in [-0.05, 0) is 31.2 Å². The number of nitrogens with zero attached hydrogens (tertiary/aromatic N) is 1. The summed E-state index contributed by atoms with van der Waals surface area (Å²) in [5, 5.41) is 12.5. The van der Waals surface area contributed by atoms with Crippen molar-refractivity contribution in [2.24, 2.45) is 0 Å². The first-order valence-corrected chi connectivity index (χ1v) is 8.91. The molecule has 1 aromatic heterocycles. The number of anilines is 1. The number of H-pyrrole nitrogens is 1. The third-order valence-electron chi connectivity index (χ3n) is 4.07. The zero-order valence-electron chi connectivity index (χ0n) is 15.6. The van der Waals surface area contributed by atoms with E-state index in [9.17, 15) is 18.8 Å². The number of rotatable bonds is 7. The Labute approximate surface area is 165 Å². The summed E-state index contributed by atoms with van der Waals surface area (Å²) in [5.74, 6) is -2.16. The van der Waals surface area contributed by atoms with Crippen LogP contribution in [0.3, 0.4) is 0 Å². The Hall–Kier alpha value is -3.75. The van der Waals surface area contributed by atoms with Crippen molar-refractivity contribution in [2.45, 2.75) is 19.4 Å². The Balaban J connectivity index is 1.44. The van der Waals surface area contributed by atoms with Crippen molar-refractivity contribution in [2.75, 3.05) is 11.9 Å². The van der Waals surface area contributed by atoms with Crippen LogP contribution >= 0.6 is 0 Å². The summed E-state index contributed by atoms with van der Waals surface area (Å²) in [6.07, 6.45) is -1.19. The maximum absolute atomic E-state index is 13.1. The van der Waals surface area contributed by atoms with Crippen LogP contribution in [0.1, 0.15) is 23.8 Å². The predicted octanol–water partition coefficient (Wildman–Crippen LogP) is 2.39. The van der Waals surface area contributed by atoms with Crippen LogP contribution in [-0.2, 0) is 14.3 Å². The molecule has 29 heavy (non-hydrogen) atoms. The molecular formula is C20H19FN4O4. The largest absolute Gasteiger partial charge is 0.452 e. The van der Waals surface area contributed by atoms with Gasteiger partial charge >= 0.3 is 5.97 Å². The molecule has 150 valence electrons. The minimum atomic E-state index is -1.07. The maximum Gasteiger partial charge on any atom is 0.308 e. The molecule has 1 unspecified atom stereocenters. The molecule has 0 aliphatic rings. The Morgan fingerprint density at radius 3 is 2.76 bits per heavy atom. The number of hydrogen-bond acceptors (Lipinski definition) is 5. The van der Waals surface area contributed by atoms with Crippen molar-refractivity contribution in [1.82, 2.24) is 15.5 Å². The van der Waals surface area contributed by atoms with Crippen molar-refractivity contribution in [3.8, 4) is 0 Å². The minimum Gasteiger partial charge on any atom is -0.452 e. The molecule has 1 heterocycles. The monoisotopic (exact) mass is 398 g/mol. The molecule has 2 aromatic carbocycles. The van der Waals surface area contributed by atoms with Gasteiger partial charge in [0.2, 0.25) is 0 Å². The van der Waals surface area contributed by atoms with Crippen LogP contribution in [-0.4, -0.2) is 40.6 Å². The molecule has 9 heteroatoms. The number of esters is 1. The van der Waals surface area contributed by atoms with Crippen molar-refractivity contribution in [1.29, 1.82) is 0 Å². The first kappa shape index (κ1) is 20.0. The van der Waals surface area contributed by atoms with E-state index in [4.69, 9.17) is 4.74 Å². The van der Waals surface area contributed by atoms with Crippen LogP contribution in [0.25, 0.3) is 10.9 Å². The number of aromatic nitrogens is 2. The average Bonchev–Trinajstić information content (AvgIpc) is 3.12. The van der Waals surface area contributed by atoms with Gasteiger partial charge < -0.3 is 15.4 Å². The molecule has 0 saturated carbocycles. The van der Waals surface area contributed by atoms with Crippen molar-refractivity contribution in [3.05, 3.63) is 60.0 Å². The number of benzene rings is 2. The fraction of sp³-hybridized carbons (Fsp3) is 0.200. The predicted molar refractivity (Wildman–Crippen MR) is 104 cm³/mol. The fourth-order valence-electron chi connectivity index (χ4n) is 2.62. The second-order valence-electron chi connectivity index (χ2n) is 6.26. The highest BCUT2D eigenvalue weighted by Crippen LogP contribution is 2.14. The van der Waals surface area contributed by atoms with Gasteiger partial charge in [0.15, 0.2) is 11.8 Å². The highest BCUT2D eigenvalue weighted by molar-refractivity contribution is 6.04. The van der Waals surface area contributed by atoms with Gasteiger partial charge in [0.1, 0.15) is 5.82 Å². The molecule has 0 fully saturated rings. The molecule has 8 nitrogen and oxygen atoms in total. The normalized spacial score (nSPS) is 11.7. The van der Waals surface area contributed by atoms with Gasteiger partial charge in [-0.2, -0.15) is 5.10 Å². The summed E-state index contributed by atoms with van der Waals surface area (Å²) in [4.78, 5) is 36.2. The van der Waals surface area contributed by atoms with E-state index in [0.717, 1.165) is 11.6 Å². The standard InChI is InChI=1S/C20H19FN4O4/c1-12(19(27)23-14-6-4-5-13(21)11-14)29-17(26)9-10-22-20(28)18-15-7-2-3-8-16(15)24-25-18/h2-8,11-12H,9-10H2,1H3,(H,22,28)(H,23,27)(H,24,25). The van der Waals surface area contributed by atoms with Gasteiger partial charge in [-0.15, -0.1) is 0 Å². The lowest BCUT2D eigenvalue weighted by molar-refractivity contribution is -0.153. The summed E-state index contributed by atoms with van der Waals surface area (Å²) in [6.45, 7) is 1.43. The lowest BCUT2D eigenvalue weighted by Gasteiger charge is -2.13. The van der Waals surface area contributed by atoms with E-state index in [-0.39, 0.29) is 24.3 Å². The second kappa shape index (κ2) is 8.96. The van der Waals surface area contributed by atoms with Gasteiger partial charge in [0.25, 0.3) is 11.8 Å². The van der Waals surface area contributed by atoms with Crippen LogP contribution in [0.5, 0.6) is 0 Å². The lowest BCUT2D eigenvalue weighted by atomic mass is 10.2. The van der Waals surface area contributed by atoms with Gasteiger partial charge in [0, 0.05) is 17.6 Å². The number of amides is 2. The molecule has 0 aliphatic heterocycles. The number of hydrogen-bond donors (Lipinski definition) is 3. The van der Waals surface area contributed by atoms with Crippen LogP contribution in [0, 0.1) is 5.82 Å². The van der Waals surface area contributed by atoms with E-state index in [1.54, 1.807) is 18.2 Å².